The van der Waals surface area contributed by atoms with E-state index in [1.54, 1.807) is 0 Å². The second-order valence-corrected chi connectivity index (χ2v) is 4.53. The van der Waals surface area contributed by atoms with E-state index >= 15 is 0 Å². The summed E-state index contributed by atoms with van der Waals surface area (Å²) in [5.41, 5.74) is 5.29. The Morgan fingerprint density at radius 1 is 1.25 bits per heavy atom. The Labute approximate surface area is 105 Å². The molecule has 0 aromatic carbocycles. The average molecular weight is 249 g/mol. The molecule has 0 aromatic rings. The van der Waals surface area contributed by atoms with Gasteiger partial charge in [-0.2, -0.15) is 0 Å². The molecule has 0 spiro atoms. The van der Waals surface area contributed by atoms with Gasteiger partial charge in [0, 0.05) is 19.5 Å². The Balaban J connectivity index is 0.00000225. The lowest BCUT2D eigenvalue weighted by Crippen LogP contribution is -2.26. The third-order valence-electron chi connectivity index (χ3n) is 3.21. The third-order valence-corrected chi connectivity index (χ3v) is 3.21. The smallest absolute Gasteiger partial charge is 0.221 e. The van der Waals surface area contributed by atoms with E-state index in [0.29, 0.717) is 13.0 Å². The summed E-state index contributed by atoms with van der Waals surface area (Å²) in [4.78, 5) is 11.1. The van der Waals surface area contributed by atoms with Crippen LogP contribution >= 0.6 is 12.4 Å². The van der Waals surface area contributed by atoms with Gasteiger partial charge in [-0.3, -0.25) is 4.79 Å². The normalized spacial score (nSPS) is 16.6. The molecule has 4 heteroatoms. The molecule has 1 saturated carbocycles. The molecule has 1 amide bonds. The molecule has 1 rings (SSSR count). The fourth-order valence-corrected chi connectivity index (χ4v) is 2.31. The lowest BCUT2D eigenvalue weighted by Gasteiger charge is -2.21. The van der Waals surface area contributed by atoms with Crippen LogP contribution in [0.25, 0.3) is 0 Å². The van der Waals surface area contributed by atoms with Crippen molar-refractivity contribution in [3.63, 3.8) is 0 Å². The van der Waals surface area contributed by atoms with Crippen LogP contribution in [0.1, 0.15) is 51.4 Å². The van der Waals surface area contributed by atoms with Crippen LogP contribution in [0.2, 0.25) is 0 Å². The highest BCUT2D eigenvalue weighted by atomic mass is 35.5. The number of nitrogens with two attached hydrogens (primary N) is 1. The lowest BCUT2D eigenvalue weighted by atomic mass is 9.86. The molecule has 0 unspecified atom stereocenters. The molecule has 0 heterocycles. The number of halogens is 1. The van der Waals surface area contributed by atoms with Gasteiger partial charge in [0.05, 0.1) is 0 Å². The zero-order valence-electron chi connectivity index (χ0n) is 10.0. The van der Waals surface area contributed by atoms with Gasteiger partial charge >= 0.3 is 0 Å². The first kappa shape index (κ1) is 15.7. The maximum atomic E-state index is 11.1. The van der Waals surface area contributed by atoms with E-state index in [1.807, 2.05) is 0 Å². The molecule has 3 nitrogen and oxygen atoms in total. The minimum absolute atomic E-state index is 0. The zero-order chi connectivity index (χ0) is 10.9. The number of carbonyl (C=O) groups is 1. The van der Waals surface area contributed by atoms with Crippen LogP contribution < -0.4 is 11.1 Å². The maximum absolute atomic E-state index is 11.1. The van der Waals surface area contributed by atoms with E-state index in [-0.39, 0.29) is 18.3 Å². The van der Waals surface area contributed by atoms with Crippen molar-refractivity contribution in [3.8, 4) is 0 Å². The quantitative estimate of drug-likeness (QED) is 0.709. The molecule has 0 bridgehead atoms. The molecule has 16 heavy (non-hydrogen) atoms. The Hall–Kier alpha value is -0.280. The van der Waals surface area contributed by atoms with Crippen LogP contribution in [0.3, 0.4) is 0 Å². The fraction of sp³-hybridized carbons (Fsp3) is 0.917. The highest BCUT2D eigenvalue weighted by Crippen LogP contribution is 2.26. The van der Waals surface area contributed by atoms with E-state index in [9.17, 15) is 4.79 Å². The molecule has 0 radical (unpaired) electrons. The predicted molar refractivity (Wildman–Crippen MR) is 69.7 cm³/mol. The highest BCUT2D eigenvalue weighted by Gasteiger charge is 2.12. The first-order valence-electron chi connectivity index (χ1n) is 6.29. The van der Waals surface area contributed by atoms with Crippen LogP contribution in [0, 0.1) is 5.92 Å². The Kier molecular flexibility index (Phi) is 9.74. The molecule has 0 saturated heterocycles. The molecule has 96 valence electrons. The van der Waals surface area contributed by atoms with Gasteiger partial charge in [-0.05, 0) is 18.8 Å². The first-order valence-corrected chi connectivity index (χ1v) is 6.29. The average Bonchev–Trinajstić information content (AvgIpc) is 2.26. The second-order valence-electron chi connectivity index (χ2n) is 4.53. The molecular weight excluding hydrogens is 224 g/mol. The summed E-state index contributed by atoms with van der Waals surface area (Å²) in [6, 6.07) is 0. The number of rotatable bonds is 6. The van der Waals surface area contributed by atoms with E-state index in [1.165, 1.54) is 38.5 Å². The molecule has 1 aliphatic rings. The highest BCUT2D eigenvalue weighted by molar-refractivity contribution is 5.85. The Morgan fingerprint density at radius 2 is 1.94 bits per heavy atom. The summed E-state index contributed by atoms with van der Waals surface area (Å²) < 4.78 is 0. The fourth-order valence-electron chi connectivity index (χ4n) is 2.31. The van der Waals surface area contributed by atoms with Crippen molar-refractivity contribution in [2.45, 2.75) is 51.4 Å². The van der Waals surface area contributed by atoms with E-state index < -0.39 is 0 Å². The number of amides is 1. The van der Waals surface area contributed by atoms with E-state index in [4.69, 9.17) is 5.73 Å². The van der Waals surface area contributed by atoms with Crippen LogP contribution in [-0.4, -0.2) is 19.0 Å². The summed E-state index contributed by atoms with van der Waals surface area (Å²) in [5, 5.41) is 2.90. The molecular formula is C12H25ClN2O. The SMILES string of the molecule is Cl.NCCC(=O)NCCCC1CCCCC1. The van der Waals surface area contributed by atoms with Crippen molar-refractivity contribution < 1.29 is 4.79 Å². The van der Waals surface area contributed by atoms with Crippen molar-refractivity contribution in [2.75, 3.05) is 13.1 Å². The Bertz CT molecular complexity index is 182. The topological polar surface area (TPSA) is 55.1 Å². The summed E-state index contributed by atoms with van der Waals surface area (Å²) >= 11 is 0. The molecule has 1 fully saturated rings. The van der Waals surface area contributed by atoms with Gasteiger partial charge in [-0.25, -0.2) is 0 Å². The van der Waals surface area contributed by atoms with Crippen LogP contribution in [-0.2, 0) is 4.79 Å². The van der Waals surface area contributed by atoms with Crippen molar-refractivity contribution in [3.05, 3.63) is 0 Å². The Morgan fingerprint density at radius 3 is 2.56 bits per heavy atom. The van der Waals surface area contributed by atoms with Crippen LogP contribution in [0.5, 0.6) is 0 Å². The van der Waals surface area contributed by atoms with Gasteiger partial charge in [-0.1, -0.05) is 32.1 Å². The monoisotopic (exact) mass is 248 g/mol. The molecule has 1 aliphatic carbocycles. The number of hydrogen-bond donors (Lipinski definition) is 2. The van der Waals surface area contributed by atoms with Gasteiger partial charge in [0.2, 0.25) is 5.91 Å². The van der Waals surface area contributed by atoms with Gasteiger partial charge < -0.3 is 11.1 Å². The summed E-state index contributed by atoms with van der Waals surface area (Å²) in [5.74, 6) is 1.02. The summed E-state index contributed by atoms with van der Waals surface area (Å²) in [7, 11) is 0. The van der Waals surface area contributed by atoms with Gasteiger partial charge in [-0.15, -0.1) is 12.4 Å². The van der Waals surface area contributed by atoms with Gasteiger partial charge in [0.1, 0.15) is 0 Å². The first-order chi connectivity index (χ1) is 7.33. The molecule has 0 aromatic heterocycles. The largest absolute Gasteiger partial charge is 0.356 e. The lowest BCUT2D eigenvalue weighted by molar-refractivity contribution is -0.120. The zero-order valence-corrected chi connectivity index (χ0v) is 10.9. The predicted octanol–water partition coefficient (Wildman–Crippen LogP) is 2.23. The van der Waals surface area contributed by atoms with E-state index in [2.05, 4.69) is 5.32 Å². The van der Waals surface area contributed by atoms with Crippen LogP contribution in [0.4, 0.5) is 0 Å². The molecule has 3 N–H and O–H groups in total. The van der Waals surface area contributed by atoms with Crippen molar-refractivity contribution >= 4 is 18.3 Å². The summed E-state index contributed by atoms with van der Waals surface area (Å²) in [6.07, 6.45) is 9.90. The standard InChI is InChI=1S/C12H24N2O.ClH/c13-9-8-12(15)14-10-4-7-11-5-2-1-3-6-11;/h11H,1-10,13H2,(H,14,15);1H. The van der Waals surface area contributed by atoms with Crippen molar-refractivity contribution in [2.24, 2.45) is 11.7 Å². The number of hydrogen-bond acceptors (Lipinski definition) is 2. The maximum Gasteiger partial charge on any atom is 0.221 e. The minimum atomic E-state index is 0. The number of carbonyl (C=O) groups excluding carboxylic acids is 1. The van der Waals surface area contributed by atoms with Crippen molar-refractivity contribution in [1.82, 2.24) is 5.32 Å². The molecule has 0 atom stereocenters. The van der Waals surface area contributed by atoms with Gasteiger partial charge in [0.15, 0.2) is 0 Å². The van der Waals surface area contributed by atoms with Crippen LogP contribution in [0.15, 0.2) is 0 Å². The van der Waals surface area contributed by atoms with Gasteiger partial charge in [0.25, 0.3) is 0 Å². The third kappa shape index (κ3) is 7.07. The van der Waals surface area contributed by atoms with E-state index in [0.717, 1.165) is 18.9 Å². The number of nitrogens with one attached hydrogen (secondary N) is 1. The molecule has 0 aliphatic heterocycles. The van der Waals surface area contributed by atoms with Crippen molar-refractivity contribution in [1.29, 1.82) is 0 Å². The second kappa shape index (κ2) is 9.91. The summed E-state index contributed by atoms with van der Waals surface area (Å²) in [6.45, 7) is 1.28. The minimum Gasteiger partial charge on any atom is -0.356 e.